The Labute approximate surface area is 150 Å². The predicted octanol–water partition coefficient (Wildman–Crippen LogP) is 4.76. The lowest BCUT2D eigenvalue weighted by atomic mass is 9.94. The molecule has 1 heterocycles. The number of hydrogen-bond acceptors (Lipinski definition) is 1. The highest BCUT2D eigenvalue weighted by atomic mass is 35.5. The molecule has 1 aliphatic carbocycles. The van der Waals surface area contributed by atoms with Crippen molar-refractivity contribution in [1.29, 1.82) is 0 Å². The molecule has 25 heavy (non-hydrogen) atoms. The number of carbonyl (C=O) groups is 1. The fourth-order valence-electron chi connectivity index (χ4n) is 3.59. The maximum atomic E-state index is 14.1. The number of rotatable bonds is 4. The summed E-state index contributed by atoms with van der Waals surface area (Å²) in [5.41, 5.74) is 2.19. The summed E-state index contributed by atoms with van der Waals surface area (Å²) in [6.45, 7) is 0.540. The third-order valence-electron chi connectivity index (χ3n) is 5.08. The van der Waals surface area contributed by atoms with Gasteiger partial charge in [-0.2, -0.15) is 0 Å². The summed E-state index contributed by atoms with van der Waals surface area (Å²) in [4.78, 5) is 17.6. The second-order valence-corrected chi connectivity index (χ2v) is 7.19. The molecule has 5 heteroatoms. The van der Waals surface area contributed by atoms with Crippen LogP contribution in [0.4, 0.5) is 4.39 Å². The maximum absolute atomic E-state index is 14.1. The topological polar surface area (TPSA) is 36.1 Å². The van der Waals surface area contributed by atoms with E-state index in [1.807, 2.05) is 24.4 Å². The highest BCUT2D eigenvalue weighted by molar-refractivity contribution is 6.33. The zero-order valence-corrected chi connectivity index (χ0v) is 14.6. The van der Waals surface area contributed by atoms with Gasteiger partial charge in [0.25, 0.3) is 5.91 Å². The molecule has 3 nitrogen and oxygen atoms in total. The number of aromatic amines is 1. The van der Waals surface area contributed by atoms with E-state index in [1.54, 1.807) is 11.9 Å². The van der Waals surface area contributed by atoms with E-state index in [2.05, 4.69) is 11.1 Å². The summed E-state index contributed by atoms with van der Waals surface area (Å²) in [5, 5.41) is 1.33. The molecule has 3 aromatic rings. The van der Waals surface area contributed by atoms with Crippen LogP contribution < -0.4 is 0 Å². The molecule has 1 aliphatic rings. The van der Waals surface area contributed by atoms with Crippen molar-refractivity contribution < 1.29 is 9.18 Å². The number of carbonyl (C=O) groups excluding carboxylic acids is 1. The van der Waals surface area contributed by atoms with E-state index in [9.17, 15) is 9.18 Å². The summed E-state index contributed by atoms with van der Waals surface area (Å²) in [7, 11) is 1.71. The average Bonchev–Trinajstić information content (AvgIpc) is 3.23. The van der Waals surface area contributed by atoms with Gasteiger partial charge in [-0.3, -0.25) is 4.79 Å². The van der Waals surface area contributed by atoms with Crippen LogP contribution in [0.15, 0.2) is 48.7 Å². The van der Waals surface area contributed by atoms with Gasteiger partial charge in [0.1, 0.15) is 5.82 Å². The number of halogens is 2. The zero-order valence-electron chi connectivity index (χ0n) is 13.9. The third-order valence-corrected chi connectivity index (χ3v) is 5.39. The van der Waals surface area contributed by atoms with Crippen molar-refractivity contribution >= 4 is 28.4 Å². The lowest BCUT2D eigenvalue weighted by Crippen LogP contribution is -2.35. The molecule has 1 saturated carbocycles. The Balaban J connectivity index is 1.62. The first-order valence-corrected chi connectivity index (χ1v) is 8.66. The molecule has 128 valence electrons. The summed E-state index contributed by atoms with van der Waals surface area (Å²) < 4.78 is 14.1. The van der Waals surface area contributed by atoms with Crippen LogP contribution in [-0.2, 0) is 5.41 Å². The van der Waals surface area contributed by atoms with Crippen LogP contribution in [0, 0.1) is 5.82 Å². The molecule has 1 aromatic heterocycles. The van der Waals surface area contributed by atoms with Gasteiger partial charge >= 0.3 is 0 Å². The highest BCUT2D eigenvalue weighted by Gasteiger charge is 2.47. The van der Waals surface area contributed by atoms with Crippen LogP contribution in [0.3, 0.4) is 0 Å². The van der Waals surface area contributed by atoms with Crippen molar-refractivity contribution in [2.45, 2.75) is 18.3 Å². The van der Waals surface area contributed by atoms with Gasteiger partial charge in [-0.05, 0) is 36.6 Å². The van der Waals surface area contributed by atoms with Crippen molar-refractivity contribution in [1.82, 2.24) is 9.88 Å². The molecule has 0 atom stereocenters. The Morgan fingerprint density at radius 3 is 2.72 bits per heavy atom. The Morgan fingerprint density at radius 2 is 2.00 bits per heavy atom. The molecule has 1 N–H and O–H groups in total. The van der Waals surface area contributed by atoms with Gasteiger partial charge in [0.05, 0.1) is 10.6 Å². The summed E-state index contributed by atoms with van der Waals surface area (Å²) in [5.74, 6) is -0.962. The predicted molar refractivity (Wildman–Crippen MR) is 97.6 cm³/mol. The second kappa shape index (κ2) is 5.88. The molecular formula is C20H18ClFN2O. The van der Waals surface area contributed by atoms with Crippen molar-refractivity contribution in [3.63, 3.8) is 0 Å². The number of fused-ring (bicyclic) bond motifs is 1. The quantitative estimate of drug-likeness (QED) is 0.718. The van der Waals surface area contributed by atoms with E-state index in [1.165, 1.54) is 29.1 Å². The number of hydrogen-bond donors (Lipinski definition) is 1. The Kier molecular flexibility index (Phi) is 3.80. The summed E-state index contributed by atoms with van der Waals surface area (Å²) in [6.07, 6.45) is 4.06. The SMILES string of the molecule is CN(CC1(c2c[nH]c3ccccc23)CC1)C(=O)c1c(F)cccc1Cl. The summed E-state index contributed by atoms with van der Waals surface area (Å²) in [6, 6.07) is 12.5. The molecule has 0 saturated heterocycles. The van der Waals surface area contributed by atoms with Gasteiger partial charge < -0.3 is 9.88 Å². The number of benzene rings is 2. The Hall–Kier alpha value is -2.33. The first-order valence-electron chi connectivity index (χ1n) is 8.28. The Bertz CT molecular complexity index is 941. The largest absolute Gasteiger partial charge is 0.361 e. The monoisotopic (exact) mass is 356 g/mol. The second-order valence-electron chi connectivity index (χ2n) is 6.79. The van der Waals surface area contributed by atoms with E-state index in [4.69, 9.17) is 11.6 Å². The lowest BCUT2D eigenvalue weighted by Gasteiger charge is -2.24. The number of likely N-dealkylation sites (N-methyl/N-ethyl adjacent to an activating group) is 1. The minimum absolute atomic E-state index is 0.0543. The Morgan fingerprint density at radius 1 is 1.24 bits per heavy atom. The maximum Gasteiger partial charge on any atom is 0.258 e. The number of amides is 1. The molecule has 2 aromatic carbocycles. The fourth-order valence-corrected chi connectivity index (χ4v) is 3.84. The first kappa shape index (κ1) is 16.2. The standard InChI is InChI=1S/C20H18ClFN2O/c1-24(19(25)18-15(21)6-4-7-16(18)22)12-20(9-10-20)14-11-23-17-8-3-2-5-13(14)17/h2-8,11,23H,9-10,12H2,1H3. The van der Waals surface area contributed by atoms with Crippen molar-refractivity contribution in [2.24, 2.45) is 0 Å². The molecule has 0 unspecified atom stereocenters. The van der Waals surface area contributed by atoms with Crippen molar-refractivity contribution in [3.05, 3.63) is 70.6 Å². The van der Waals surface area contributed by atoms with Gasteiger partial charge in [-0.1, -0.05) is 35.9 Å². The lowest BCUT2D eigenvalue weighted by molar-refractivity contribution is 0.0777. The molecule has 0 spiro atoms. The van der Waals surface area contributed by atoms with E-state index in [0.717, 1.165) is 18.4 Å². The molecule has 0 aliphatic heterocycles. The van der Waals surface area contributed by atoms with E-state index in [0.29, 0.717) is 6.54 Å². The van der Waals surface area contributed by atoms with Gasteiger partial charge in [-0.15, -0.1) is 0 Å². The van der Waals surface area contributed by atoms with Crippen LogP contribution in [0.2, 0.25) is 5.02 Å². The van der Waals surface area contributed by atoms with E-state index >= 15 is 0 Å². The highest BCUT2D eigenvalue weighted by Crippen LogP contribution is 2.51. The van der Waals surface area contributed by atoms with Crippen LogP contribution in [0.25, 0.3) is 10.9 Å². The molecule has 4 rings (SSSR count). The number of nitrogens with one attached hydrogen (secondary N) is 1. The number of aromatic nitrogens is 1. The fraction of sp³-hybridized carbons (Fsp3) is 0.250. The van der Waals surface area contributed by atoms with Crippen LogP contribution in [0.5, 0.6) is 0 Å². The van der Waals surface area contributed by atoms with E-state index < -0.39 is 5.82 Å². The van der Waals surface area contributed by atoms with Gasteiger partial charge in [0.15, 0.2) is 0 Å². The van der Waals surface area contributed by atoms with Crippen LogP contribution >= 0.6 is 11.6 Å². The summed E-state index contributed by atoms with van der Waals surface area (Å²) >= 11 is 6.04. The molecule has 1 fully saturated rings. The number of nitrogens with zero attached hydrogens (tertiary/aromatic N) is 1. The molecule has 0 bridgehead atoms. The van der Waals surface area contributed by atoms with Crippen LogP contribution in [0.1, 0.15) is 28.8 Å². The average molecular weight is 357 g/mol. The number of para-hydroxylation sites is 1. The van der Waals surface area contributed by atoms with Gasteiger partial charge in [-0.25, -0.2) is 4.39 Å². The zero-order chi connectivity index (χ0) is 17.6. The smallest absolute Gasteiger partial charge is 0.258 e. The first-order chi connectivity index (χ1) is 12.0. The third kappa shape index (κ3) is 2.71. The minimum atomic E-state index is -0.582. The van der Waals surface area contributed by atoms with Crippen molar-refractivity contribution in [3.8, 4) is 0 Å². The minimum Gasteiger partial charge on any atom is -0.361 e. The molecule has 1 amide bonds. The molecular weight excluding hydrogens is 339 g/mol. The molecule has 0 radical (unpaired) electrons. The number of H-pyrrole nitrogens is 1. The van der Waals surface area contributed by atoms with E-state index in [-0.39, 0.29) is 21.9 Å². The van der Waals surface area contributed by atoms with Crippen LogP contribution in [-0.4, -0.2) is 29.4 Å². The van der Waals surface area contributed by atoms with Crippen molar-refractivity contribution in [2.75, 3.05) is 13.6 Å². The normalized spacial score (nSPS) is 15.3. The van der Waals surface area contributed by atoms with Gasteiger partial charge in [0.2, 0.25) is 0 Å². The van der Waals surface area contributed by atoms with Gasteiger partial charge in [0, 0.05) is 36.1 Å².